The van der Waals surface area contributed by atoms with E-state index in [9.17, 15) is 4.79 Å². The van der Waals surface area contributed by atoms with Crippen LogP contribution in [0.4, 0.5) is 4.79 Å². The zero-order valence-electron chi connectivity index (χ0n) is 12.1. The number of piperidine rings is 1. The van der Waals surface area contributed by atoms with Gasteiger partial charge in [0.15, 0.2) is 0 Å². The third-order valence-corrected chi connectivity index (χ3v) is 4.73. The molecule has 1 aromatic rings. The molecule has 2 fully saturated rings. The molecule has 2 amide bonds. The number of hydrogen-bond acceptors (Lipinski definition) is 3. The summed E-state index contributed by atoms with van der Waals surface area (Å²) in [6.45, 7) is 4.60. The maximum atomic E-state index is 12.1. The Morgan fingerprint density at radius 1 is 1.35 bits per heavy atom. The van der Waals surface area contributed by atoms with Gasteiger partial charge in [0.2, 0.25) is 0 Å². The standard InChI is InChI=1S/C15H23N3O2/c1-17-7-4-15(12-17)5-8-18(9-6-15)14(19)16-11-13-3-2-10-20-13/h2-3,10H,4-9,11-12H2,1H3,(H,16,19). The van der Waals surface area contributed by atoms with Crippen molar-refractivity contribution in [2.45, 2.75) is 25.8 Å². The topological polar surface area (TPSA) is 48.7 Å². The molecule has 2 aliphatic rings. The van der Waals surface area contributed by atoms with Crippen molar-refractivity contribution in [2.24, 2.45) is 5.41 Å². The van der Waals surface area contributed by atoms with Crippen LogP contribution in [0.2, 0.25) is 0 Å². The van der Waals surface area contributed by atoms with Crippen molar-refractivity contribution < 1.29 is 9.21 Å². The van der Waals surface area contributed by atoms with Crippen molar-refractivity contribution in [1.29, 1.82) is 0 Å². The molecule has 0 bridgehead atoms. The van der Waals surface area contributed by atoms with Gasteiger partial charge in [-0.25, -0.2) is 4.79 Å². The predicted molar refractivity (Wildman–Crippen MR) is 76.3 cm³/mol. The van der Waals surface area contributed by atoms with Crippen molar-refractivity contribution in [3.05, 3.63) is 24.2 Å². The lowest BCUT2D eigenvalue weighted by atomic mass is 9.78. The molecule has 0 aliphatic carbocycles. The van der Waals surface area contributed by atoms with Gasteiger partial charge in [-0.2, -0.15) is 0 Å². The molecule has 5 heteroatoms. The summed E-state index contributed by atoms with van der Waals surface area (Å²) in [6, 6.07) is 3.74. The van der Waals surface area contributed by atoms with Crippen LogP contribution < -0.4 is 5.32 Å². The molecule has 1 spiro atoms. The summed E-state index contributed by atoms with van der Waals surface area (Å²) in [4.78, 5) is 16.5. The molecule has 0 saturated carbocycles. The summed E-state index contributed by atoms with van der Waals surface area (Å²) in [7, 11) is 2.19. The molecule has 2 saturated heterocycles. The Morgan fingerprint density at radius 3 is 2.70 bits per heavy atom. The van der Waals surface area contributed by atoms with Crippen LogP contribution in [0.1, 0.15) is 25.0 Å². The number of amides is 2. The van der Waals surface area contributed by atoms with Crippen LogP contribution in [-0.4, -0.2) is 49.1 Å². The number of nitrogens with one attached hydrogen (secondary N) is 1. The minimum atomic E-state index is 0.0302. The summed E-state index contributed by atoms with van der Waals surface area (Å²) in [5.74, 6) is 0.796. The number of hydrogen-bond donors (Lipinski definition) is 1. The van der Waals surface area contributed by atoms with E-state index >= 15 is 0 Å². The second-order valence-electron chi connectivity index (χ2n) is 6.21. The molecule has 5 nitrogen and oxygen atoms in total. The summed E-state index contributed by atoms with van der Waals surface area (Å²) < 4.78 is 5.22. The quantitative estimate of drug-likeness (QED) is 0.898. The lowest BCUT2D eigenvalue weighted by Crippen LogP contribution is -2.47. The van der Waals surface area contributed by atoms with Gasteiger partial charge in [-0.05, 0) is 50.4 Å². The Hall–Kier alpha value is -1.49. The highest BCUT2D eigenvalue weighted by Crippen LogP contribution is 2.39. The molecule has 0 atom stereocenters. The second-order valence-corrected chi connectivity index (χ2v) is 6.21. The van der Waals surface area contributed by atoms with Gasteiger partial charge in [0, 0.05) is 19.6 Å². The first-order chi connectivity index (χ1) is 9.67. The van der Waals surface area contributed by atoms with E-state index < -0.39 is 0 Å². The van der Waals surface area contributed by atoms with Crippen LogP contribution in [0, 0.1) is 5.41 Å². The third-order valence-electron chi connectivity index (χ3n) is 4.73. The summed E-state index contributed by atoms with van der Waals surface area (Å²) >= 11 is 0. The minimum absolute atomic E-state index is 0.0302. The zero-order chi connectivity index (χ0) is 14.0. The Morgan fingerprint density at radius 2 is 2.10 bits per heavy atom. The van der Waals surface area contributed by atoms with E-state index in [1.165, 1.54) is 19.5 Å². The Balaban J connectivity index is 1.47. The van der Waals surface area contributed by atoms with Crippen LogP contribution in [0.25, 0.3) is 0 Å². The van der Waals surface area contributed by atoms with Gasteiger partial charge in [0.05, 0.1) is 12.8 Å². The fraction of sp³-hybridized carbons (Fsp3) is 0.667. The molecule has 3 rings (SSSR count). The number of rotatable bonds is 2. The molecule has 0 aromatic carbocycles. The molecule has 1 aromatic heterocycles. The number of furan rings is 1. The van der Waals surface area contributed by atoms with Crippen LogP contribution in [0.5, 0.6) is 0 Å². The highest BCUT2D eigenvalue weighted by atomic mass is 16.3. The SMILES string of the molecule is CN1CCC2(CCN(C(=O)NCc3ccco3)CC2)C1. The summed E-state index contributed by atoms with van der Waals surface area (Å²) in [5.41, 5.74) is 0.465. The highest BCUT2D eigenvalue weighted by molar-refractivity contribution is 5.74. The van der Waals surface area contributed by atoms with E-state index in [0.29, 0.717) is 12.0 Å². The fourth-order valence-electron chi connectivity index (χ4n) is 3.44. The van der Waals surface area contributed by atoms with E-state index in [1.54, 1.807) is 6.26 Å². The Bertz CT molecular complexity index is 450. The number of urea groups is 1. The average Bonchev–Trinajstić information content (AvgIpc) is 3.08. The Kier molecular flexibility index (Phi) is 3.70. The number of carbonyl (C=O) groups excluding carboxylic acids is 1. The largest absolute Gasteiger partial charge is 0.467 e. The summed E-state index contributed by atoms with van der Waals surface area (Å²) in [6.07, 6.45) is 5.17. The van der Waals surface area contributed by atoms with Crippen molar-refractivity contribution in [3.63, 3.8) is 0 Å². The molecule has 110 valence electrons. The lowest BCUT2D eigenvalue weighted by molar-refractivity contribution is 0.121. The zero-order valence-corrected chi connectivity index (χ0v) is 12.1. The second kappa shape index (κ2) is 5.48. The molecule has 1 N–H and O–H groups in total. The number of likely N-dealkylation sites (tertiary alicyclic amines) is 2. The molecule has 2 aliphatic heterocycles. The fourth-order valence-corrected chi connectivity index (χ4v) is 3.44. The van der Waals surface area contributed by atoms with Crippen molar-refractivity contribution in [3.8, 4) is 0 Å². The minimum Gasteiger partial charge on any atom is -0.467 e. The predicted octanol–water partition coefficient (Wildman–Crippen LogP) is 1.91. The van der Waals surface area contributed by atoms with Gasteiger partial charge in [-0.1, -0.05) is 0 Å². The number of nitrogens with zero attached hydrogens (tertiary/aromatic N) is 2. The van der Waals surface area contributed by atoms with E-state index in [4.69, 9.17) is 4.42 Å². The third kappa shape index (κ3) is 2.82. The molecule has 0 unspecified atom stereocenters. The van der Waals surface area contributed by atoms with Gasteiger partial charge in [0.25, 0.3) is 0 Å². The number of carbonyl (C=O) groups is 1. The maximum Gasteiger partial charge on any atom is 0.317 e. The van der Waals surface area contributed by atoms with Crippen LogP contribution >= 0.6 is 0 Å². The first kappa shape index (κ1) is 13.5. The molecule has 20 heavy (non-hydrogen) atoms. The van der Waals surface area contributed by atoms with Crippen LogP contribution in [0.15, 0.2) is 22.8 Å². The average molecular weight is 277 g/mol. The molecule has 3 heterocycles. The summed E-state index contributed by atoms with van der Waals surface area (Å²) in [5, 5.41) is 2.93. The molecular formula is C15H23N3O2. The maximum absolute atomic E-state index is 12.1. The van der Waals surface area contributed by atoms with Gasteiger partial charge in [-0.15, -0.1) is 0 Å². The van der Waals surface area contributed by atoms with Gasteiger partial charge >= 0.3 is 6.03 Å². The Labute approximate surface area is 119 Å². The van der Waals surface area contributed by atoms with Gasteiger partial charge in [0.1, 0.15) is 5.76 Å². The van der Waals surface area contributed by atoms with Gasteiger partial charge in [-0.3, -0.25) is 0 Å². The van der Waals surface area contributed by atoms with Gasteiger partial charge < -0.3 is 19.5 Å². The van der Waals surface area contributed by atoms with Crippen LogP contribution in [-0.2, 0) is 6.54 Å². The van der Waals surface area contributed by atoms with Crippen molar-refractivity contribution >= 4 is 6.03 Å². The molecular weight excluding hydrogens is 254 g/mol. The normalized spacial score (nSPS) is 22.4. The van der Waals surface area contributed by atoms with E-state index in [1.807, 2.05) is 17.0 Å². The van der Waals surface area contributed by atoms with Crippen molar-refractivity contribution in [2.75, 3.05) is 33.2 Å². The lowest BCUT2D eigenvalue weighted by Gasteiger charge is -2.39. The van der Waals surface area contributed by atoms with E-state index in [0.717, 1.165) is 31.7 Å². The monoisotopic (exact) mass is 277 g/mol. The van der Waals surface area contributed by atoms with Crippen molar-refractivity contribution in [1.82, 2.24) is 15.1 Å². The smallest absolute Gasteiger partial charge is 0.317 e. The highest BCUT2D eigenvalue weighted by Gasteiger charge is 2.40. The first-order valence-corrected chi connectivity index (χ1v) is 7.41. The van der Waals surface area contributed by atoms with E-state index in [-0.39, 0.29) is 6.03 Å². The first-order valence-electron chi connectivity index (χ1n) is 7.41. The van der Waals surface area contributed by atoms with E-state index in [2.05, 4.69) is 17.3 Å². The van der Waals surface area contributed by atoms with Crippen LogP contribution in [0.3, 0.4) is 0 Å². The molecule has 0 radical (unpaired) electrons.